The van der Waals surface area contributed by atoms with Gasteiger partial charge < -0.3 is 15.0 Å². The van der Waals surface area contributed by atoms with Gasteiger partial charge in [-0.2, -0.15) is 0 Å². The Kier molecular flexibility index (Phi) is 6.70. The molecular formula is C16H21FN2O3S. The SMILES string of the molecule is COc1ccc(F)cc1CSCC(=O)NCC(=O)N1CCCC1. The van der Waals surface area contributed by atoms with Gasteiger partial charge in [-0.3, -0.25) is 9.59 Å². The molecule has 0 spiro atoms. The van der Waals surface area contributed by atoms with E-state index in [0.29, 0.717) is 17.1 Å². The van der Waals surface area contributed by atoms with Crippen molar-refractivity contribution in [3.63, 3.8) is 0 Å². The molecule has 1 aromatic carbocycles. The number of carbonyl (C=O) groups excluding carboxylic acids is 2. The van der Waals surface area contributed by atoms with Crippen LogP contribution in [-0.4, -0.2) is 49.2 Å². The highest BCUT2D eigenvalue weighted by Gasteiger charge is 2.18. The number of benzene rings is 1. The Morgan fingerprint density at radius 1 is 1.35 bits per heavy atom. The molecule has 1 heterocycles. The molecule has 23 heavy (non-hydrogen) atoms. The van der Waals surface area contributed by atoms with E-state index in [4.69, 9.17) is 4.74 Å². The van der Waals surface area contributed by atoms with E-state index in [9.17, 15) is 14.0 Å². The van der Waals surface area contributed by atoms with Gasteiger partial charge in [0, 0.05) is 24.4 Å². The maximum atomic E-state index is 13.2. The largest absolute Gasteiger partial charge is 0.496 e. The highest BCUT2D eigenvalue weighted by atomic mass is 32.2. The summed E-state index contributed by atoms with van der Waals surface area (Å²) in [6, 6.07) is 4.31. The molecule has 126 valence electrons. The second kappa shape index (κ2) is 8.76. The van der Waals surface area contributed by atoms with E-state index in [-0.39, 0.29) is 29.9 Å². The van der Waals surface area contributed by atoms with Gasteiger partial charge in [0.1, 0.15) is 11.6 Å². The fourth-order valence-electron chi connectivity index (χ4n) is 2.42. The Balaban J connectivity index is 1.70. The van der Waals surface area contributed by atoms with Crippen LogP contribution in [0.5, 0.6) is 5.75 Å². The van der Waals surface area contributed by atoms with Crippen LogP contribution in [-0.2, 0) is 15.3 Å². The van der Waals surface area contributed by atoms with Gasteiger partial charge in [0.05, 0.1) is 19.4 Å². The highest BCUT2D eigenvalue weighted by Crippen LogP contribution is 2.23. The Morgan fingerprint density at radius 2 is 2.09 bits per heavy atom. The van der Waals surface area contributed by atoms with Crippen LogP contribution in [0.3, 0.4) is 0 Å². The lowest BCUT2D eigenvalue weighted by atomic mass is 10.2. The molecule has 1 saturated heterocycles. The molecule has 2 rings (SSSR count). The Labute approximate surface area is 139 Å². The van der Waals surface area contributed by atoms with Gasteiger partial charge >= 0.3 is 0 Å². The van der Waals surface area contributed by atoms with Gasteiger partial charge in [-0.1, -0.05) is 0 Å². The summed E-state index contributed by atoms with van der Waals surface area (Å²) in [4.78, 5) is 25.3. The van der Waals surface area contributed by atoms with Crippen molar-refractivity contribution in [2.45, 2.75) is 18.6 Å². The number of halogens is 1. The van der Waals surface area contributed by atoms with Gasteiger partial charge in [-0.05, 0) is 31.0 Å². The zero-order valence-electron chi connectivity index (χ0n) is 13.1. The number of ether oxygens (including phenoxy) is 1. The second-order valence-corrected chi connectivity index (χ2v) is 6.30. The van der Waals surface area contributed by atoms with Gasteiger partial charge in [0.15, 0.2) is 0 Å². The predicted octanol–water partition coefficient (Wildman–Crippen LogP) is 1.81. The summed E-state index contributed by atoms with van der Waals surface area (Å²) >= 11 is 1.35. The summed E-state index contributed by atoms with van der Waals surface area (Å²) in [7, 11) is 1.53. The van der Waals surface area contributed by atoms with E-state index in [0.717, 1.165) is 25.9 Å². The average molecular weight is 340 g/mol. The van der Waals surface area contributed by atoms with E-state index >= 15 is 0 Å². The zero-order valence-corrected chi connectivity index (χ0v) is 14.0. The summed E-state index contributed by atoms with van der Waals surface area (Å²) in [5, 5.41) is 2.63. The number of methoxy groups -OCH3 is 1. The molecule has 0 atom stereocenters. The van der Waals surface area contributed by atoms with Crippen molar-refractivity contribution in [1.29, 1.82) is 0 Å². The van der Waals surface area contributed by atoms with E-state index < -0.39 is 0 Å². The minimum absolute atomic E-state index is 0.0346. The smallest absolute Gasteiger partial charge is 0.241 e. The van der Waals surface area contributed by atoms with E-state index in [1.54, 1.807) is 11.0 Å². The van der Waals surface area contributed by atoms with Crippen LogP contribution in [0.2, 0.25) is 0 Å². The molecule has 1 aliphatic heterocycles. The van der Waals surface area contributed by atoms with Gasteiger partial charge in [0.25, 0.3) is 0 Å². The standard InChI is InChI=1S/C16H21FN2O3S/c1-22-14-5-4-13(17)8-12(14)10-23-11-15(20)18-9-16(21)19-6-2-3-7-19/h4-5,8H,2-3,6-7,9-11H2,1H3,(H,18,20). The first-order valence-corrected chi connectivity index (χ1v) is 8.70. The molecule has 1 aliphatic rings. The van der Waals surface area contributed by atoms with Crippen molar-refractivity contribution in [1.82, 2.24) is 10.2 Å². The van der Waals surface area contributed by atoms with E-state index in [2.05, 4.69) is 5.32 Å². The van der Waals surface area contributed by atoms with Crippen LogP contribution in [0.1, 0.15) is 18.4 Å². The topological polar surface area (TPSA) is 58.6 Å². The maximum absolute atomic E-state index is 13.2. The lowest BCUT2D eigenvalue weighted by molar-refractivity contribution is -0.131. The van der Waals surface area contributed by atoms with Gasteiger partial charge in [-0.15, -0.1) is 11.8 Å². The molecule has 0 saturated carbocycles. The van der Waals surface area contributed by atoms with Gasteiger partial charge in [-0.25, -0.2) is 4.39 Å². The van der Waals surface area contributed by atoms with E-state index in [1.807, 2.05) is 0 Å². The highest BCUT2D eigenvalue weighted by molar-refractivity contribution is 7.99. The lowest BCUT2D eigenvalue weighted by Gasteiger charge is -2.15. The van der Waals surface area contributed by atoms with E-state index in [1.165, 1.54) is 31.0 Å². The van der Waals surface area contributed by atoms with Crippen LogP contribution in [0, 0.1) is 5.82 Å². The lowest BCUT2D eigenvalue weighted by Crippen LogP contribution is -2.39. The number of likely N-dealkylation sites (tertiary alicyclic amines) is 1. The average Bonchev–Trinajstić information content (AvgIpc) is 3.07. The van der Waals surface area contributed by atoms with Gasteiger partial charge in [0.2, 0.25) is 11.8 Å². The number of hydrogen-bond acceptors (Lipinski definition) is 4. The fourth-order valence-corrected chi connectivity index (χ4v) is 3.25. The Morgan fingerprint density at radius 3 is 2.78 bits per heavy atom. The summed E-state index contributed by atoms with van der Waals surface area (Å²) in [5.41, 5.74) is 0.707. The number of rotatable bonds is 7. The van der Waals surface area contributed by atoms with Crippen LogP contribution >= 0.6 is 11.8 Å². The van der Waals surface area contributed by atoms with Crippen molar-refractivity contribution in [3.05, 3.63) is 29.6 Å². The molecule has 0 aliphatic carbocycles. The third-order valence-electron chi connectivity index (χ3n) is 3.63. The number of hydrogen-bond donors (Lipinski definition) is 1. The number of nitrogens with one attached hydrogen (secondary N) is 1. The maximum Gasteiger partial charge on any atom is 0.241 e. The zero-order chi connectivity index (χ0) is 16.7. The Bertz CT molecular complexity index is 562. The monoisotopic (exact) mass is 340 g/mol. The molecule has 2 amide bonds. The molecule has 1 N–H and O–H groups in total. The first-order chi connectivity index (χ1) is 11.1. The molecule has 1 fully saturated rings. The fraction of sp³-hybridized carbons (Fsp3) is 0.500. The predicted molar refractivity (Wildman–Crippen MR) is 87.9 cm³/mol. The van der Waals surface area contributed by atoms with Crippen molar-refractivity contribution in [2.75, 3.05) is 32.5 Å². The molecule has 0 bridgehead atoms. The molecule has 0 aromatic heterocycles. The van der Waals surface area contributed by atoms with Crippen LogP contribution in [0.4, 0.5) is 4.39 Å². The molecule has 1 aromatic rings. The normalized spacial score (nSPS) is 13.9. The number of amides is 2. The third-order valence-corrected chi connectivity index (χ3v) is 4.61. The molecule has 0 radical (unpaired) electrons. The quantitative estimate of drug-likeness (QED) is 0.822. The number of thioether (sulfide) groups is 1. The molecule has 7 heteroatoms. The summed E-state index contributed by atoms with van der Waals surface area (Å²) in [6.45, 7) is 1.61. The number of carbonyl (C=O) groups is 2. The molecular weight excluding hydrogens is 319 g/mol. The minimum Gasteiger partial charge on any atom is -0.496 e. The van der Waals surface area contributed by atoms with Crippen LogP contribution in [0.15, 0.2) is 18.2 Å². The summed E-state index contributed by atoms with van der Waals surface area (Å²) in [5.74, 6) is 0.720. The molecule has 5 nitrogen and oxygen atoms in total. The minimum atomic E-state index is -0.331. The first kappa shape index (κ1) is 17.6. The van der Waals surface area contributed by atoms with Crippen molar-refractivity contribution in [2.24, 2.45) is 0 Å². The summed E-state index contributed by atoms with van der Waals surface area (Å²) < 4.78 is 18.4. The number of nitrogens with zero attached hydrogens (tertiary/aromatic N) is 1. The van der Waals surface area contributed by atoms with Crippen LogP contribution in [0.25, 0.3) is 0 Å². The van der Waals surface area contributed by atoms with Crippen molar-refractivity contribution < 1.29 is 18.7 Å². The molecule has 0 unspecified atom stereocenters. The first-order valence-electron chi connectivity index (χ1n) is 7.55. The van der Waals surface area contributed by atoms with Crippen LogP contribution < -0.4 is 10.1 Å². The summed E-state index contributed by atoms with van der Waals surface area (Å²) in [6.07, 6.45) is 2.07. The van der Waals surface area contributed by atoms with Crippen molar-refractivity contribution in [3.8, 4) is 5.75 Å². The van der Waals surface area contributed by atoms with Crippen molar-refractivity contribution >= 4 is 23.6 Å². The third kappa shape index (κ3) is 5.42. The second-order valence-electron chi connectivity index (χ2n) is 5.31. The Hall–Kier alpha value is -1.76.